The highest BCUT2D eigenvalue weighted by molar-refractivity contribution is 9.10. The van der Waals surface area contributed by atoms with Crippen LogP contribution in [0, 0.1) is 5.41 Å². The molecule has 1 aliphatic rings. The summed E-state index contributed by atoms with van der Waals surface area (Å²) in [4.78, 5) is 15.3. The predicted octanol–water partition coefficient (Wildman–Crippen LogP) is 5.54. The molecule has 1 heterocycles. The minimum Gasteiger partial charge on any atom is -0.357 e. The third-order valence-corrected chi connectivity index (χ3v) is 6.37. The maximum absolute atomic E-state index is 13.3. The Kier molecular flexibility index (Phi) is 7.92. The van der Waals surface area contributed by atoms with Crippen LogP contribution in [0.4, 0.5) is 11.4 Å². The van der Waals surface area contributed by atoms with Gasteiger partial charge in [0.2, 0.25) is 0 Å². The Hall–Kier alpha value is -3.23. The minimum absolute atomic E-state index is 0.228. The van der Waals surface area contributed by atoms with Crippen LogP contribution in [0.1, 0.15) is 30.0 Å². The molecule has 1 atom stereocenters. The molecule has 3 aromatic rings. The van der Waals surface area contributed by atoms with Gasteiger partial charge in [0.05, 0.1) is 0 Å². The van der Waals surface area contributed by atoms with E-state index in [4.69, 9.17) is 17.6 Å². The van der Waals surface area contributed by atoms with Crippen molar-refractivity contribution in [3.63, 3.8) is 0 Å². The van der Waals surface area contributed by atoms with Crippen LogP contribution in [-0.2, 0) is 4.79 Å². The largest absolute Gasteiger partial charge is 0.357 e. The number of carbonyl (C=O) groups excluding carboxylic acids is 1. The first-order chi connectivity index (χ1) is 16.5. The molecule has 0 aliphatic carbocycles. The van der Waals surface area contributed by atoms with Crippen molar-refractivity contribution in [3.05, 3.63) is 94.5 Å². The number of nitrogens with zero attached hydrogens (tertiary/aromatic N) is 1. The van der Waals surface area contributed by atoms with E-state index in [2.05, 4.69) is 36.8 Å². The van der Waals surface area contributed by atoms with Crippen molar-refractivity contribution >= 4 is 56.4 Å². The van der Waals surface area contributed by atoms with Gasteiger partial charge in [-0.2, -0.15) is 0 Å². The molecule has 0 spiro atoms. The molecule has 1 unspecified atom stereocenters. The Morgan fingerprint density at radius 1 is 0.882 bits per heavy atom. The van der Waals surface area contributed by atoms with Gasteiger partial charge in [-0.25, -0.2) is 0 Å². The molecule has 8 heteroatoms. The van der Waals surface area contributed by atoms with Crippen molar-refractivity contribution in [3.8, 4) is 0 Å². The normalized spacial score (nSPS) is 13.7. The van der Waals surface area contributed by atoms with Crippen LogP contribution in [0.5, 0.6) is 0 Å². The summed E-state index contributed by atoms with van der Waals surface area (Å²) in [7, 11) is 0. The molecule has 4 N–H and O–H groups in total. The number of amides is 1. The molecule has 174 valence electrons. The Balaban J connectivity index is 1.44. The fourth-order valence-electron chi connectivity index (χ4n) is 3.83. The molecular weight excluding hydrogens is 510 g/mol. The monoisotopic (exact) mass is 535 g/mol. The highest BCUT2D eigenvalue weighted by Crippen LogP contribution is 2.19. The van der Waals surface area contributed by atoms with E-state index in [9.17, 15) is 4.79 Å². The molecular formula is C26H26BrN5OS. The zero-order valence-corrected chi connectivity index (χ0v) is 21.0. The number of amidine groups is 1. The van der Waals surface area contributed by atoms with E-state index in [1.165, 1.54) is 0 Å². The standard InChI is InChI=1S/C26H26BrN5OS/c27-20-10-14-22(15-11-20)30-26(34)31-23(18-6-2-1-3-7-18)25(33)29-21-12-8-19(9-13-21)24(28)32-16-4-5-17-32/h1-3,6-15,23,28H,4-5,16-17H2,(H,29,33)(H2,30,31,34). The van der Waals surface area contributed by atoms with E-state index in [0.717, 1.165) is 47.2 Å². The van der Waals surface area contributed by atoms with Gasteiger partial charge >= 0.3 is 0 Å². The average molecular weight is 536 g/mol. The molecule has 0 aromatic heterocycles. The summed E-state index contributed by atoms with van der Waals surface area (Å²) < 4.78 is 0.972. The topological polar surface area (TPSA) is 80.2 Å². The Labute approximate surface area is 213 Å². The number of thiocarbonyl (C=S) groups is 1. The van der Waals surface area contributed by atoms with E-state index in [-0.39, 0.29) is 5.91 Å². The van der Waals surface area contributed by atoms with Crippen molar-refractivity contribution in [2.24, 2.45) is 0 Å². The van der Waals surface area contributed by atoms with Crippen LogP contribution in [0.2, 0.25) is 0 Å². The van der Waals surface area contributed by atoms with Crippen molar-refractivity contribution in [2.75, 3.05) is 23.7 Å². The zero-order valence-electron chi connectivity index (χ0n) is 18.6. The summed E-state index contributed by atoms with van der Waals surface area (Å²) >= 11 is 8.90. The minimum atomic E-state index is -0.681. The first-order valence-corrected chi connectivity index (χ1v) is 12.3. The van der Waals surface area contributed by atoms with E-state index in [0.29, 0.717) is 16.6 Å². The molecule has 1 amide bonds. The fourth-order valence-corrected chi connectivity index (χ4v) is 4.33. The molecule has 1 aliphatic heterocycles. The molecule has 1 fully saturated rings. The van der Waals surface area contributed by atoms with Crippen molar-refractivity contribution in [1.29, 1.82) is 5.41 Å². The van der Waals surface area contributed by atoms with Crippen LogP contribution in [-0.4, -0.2) is 34.8 Å². The molecule has 1 saturated heterocycles. The first kappa shape index (κ1) is 23.9. The molecule has 3 aromatic carbocycles. The predicted molar refractivity (Wildman–Crippen MR) is 145 cm³/mol. The smallest absolute Gasteiger partial charge is 0.251 e. The first-order valence-electron chi connectivity index (χ1n) is 11.1. The van der Waals surface area contributed by atoms with Crippen LogP contribution in [0.25, 0.3) is 0 Å². The molecule has 6 nitrogen and oxygen atoms in total. The van der Waals surface area contributed by atoms with E-state index in [1.54, 1.807) is 0 Å². The summed E-state index contributed by atoms with van der Waals surface area (Å²) in [6.45, 7) is 1.85. The SMILES string of the molecule is N=C(c1ccc(NC(=O)C(NC(=S)Nc2ccc(Br)cc2)c2ccccc2)cc1)N1CCCC1. The van der Waals surface area contributed by atoms with E-state index < -0.39 is 6.04 Å². The van der Waals surface area contributed by atoms with Gasteiger partial charge in [0.15, 0.2) is 5.11 Å². The average Bonchev–Trinajstić information content (AvgIpc) is 3.40. The number of nitrogens with one attached hydrogen (secondary N) is 4. The van der Waals surface area contributed by atoms with Gasteiger partial charge < -0.3 is 20.9 Å². The van der Waals surface area contributed by atoms with Gasteiger partial charge in [0.1, 0.15) is 11.9 Å². The van der Waals surface area contributed by atoms with E-state index in [1.807, 2.05) is 78.9 Å². The number of rotatable bonds is 6. The molecule has 0 saturated carbocycles. The maximum atomic E-state index is 13.3. The second-order valence-electron chi connectivity index (χ2n) is 8.06. The van der Waals surface area contributed by atoms with Gasteiger partial charge in [0, 0.05) is 34.5 Å². The lowest BCUT2D eigenvalue weighted by Gasteiger charge is -2.21. The van der Waals surface area contributed by atoms with Crippen LogP contribution in [0.3, 0.4) is 0 Å². The number of hydrogen-bond acceptors (Lipinski definition) is 3. The van der Waals surface area contributed by atoms with Crippen LogP contribution < -0.4 is 16.0 Å². The van der Waals surface area contributed by atoms with Crippen molar-refractivity contribution in [1.82, 2.24) is 10.2 Å². The second kappa shape index (κ2) is 11.3. The van der Waals surface area contributed by atoms with Gasteiger partial charge in [-0.1, -0.05) is 46.3 Å². The lowest BCUT2D eigenvalue weighted by molar-refractivity contribution is -0.117. The van der Waals surface area contributed by atoms with Crippen LogP contribution >= 0.6 is 28.1 Å². The number of benzene rings is 3. The molecule has 4 rings (SSSR count). The lowest BCUT2D eigenvalue weighted by Crippen LogP contribution is -2.39. The number of likely N-dealkylation sites (tertiary alicyclic amines) is 1. The number of hydrogen-bond donors (Lipinski definition) is 4. The lowest BCUT2D eigenvalue weighted by atomic mass is 10.1. The van der Waals surface area contributed by atoms with Gasteiger partial charge in [-0.3, -0.25) is 10.2 Å². The Morgan fingerprint density at radius 3 is 2.12 bits per heavy atom. The summed E-state index contributed by atoms with van der Waals surface area (Å²) in [6, 6.07) is 23.8. The van der Waals surface area contributed by atoms with Crippen LogP contribution in [0.15, 0.2) is 83.3 Å². The van der Waals surface area contributed by atoms with Crippen molar-refractivity contribution in [2.45, 2.75) is 18.9 Å². The fraction of sp³-hybridized carbons (Fsp3) is 0.192. The number of halogens is 1. The highest BCUT2D eigenvalue weighted by atomic mass is 79.9. The maximum Gasteiger partial charge on any atom is 0.251 e. The summed E-state index contributed by atoms with van der Waals surface area (Å²) in [5.41, 5.74) is 3.13. The third kappa shape index (κ3) is 6.21. The van der Waals surface area contributed by atoms with E-state index >= 15 is 0 Å². The summed E-state index contributed by atoms with van der Waals surface area (Å²) in [5.74, 6) is 0.303. The van der Waals surface area contributed by atoms with Gasteiger partial charge in [-0.15, -0.1) is 0 Å². The zero-order chi connectivity index (χ0) is 23.9. The third-order valence-electron chi connectivity index (χ3n) is 5.62. The summed E-state index contributed by atoms with van der Waals surface area (Å²) in [5, 5.41) is 18.0. The van der Waals surface area contributed by atoms with Crippen molar-refractivity contribution < 1.29 is 4.79 Å². The Morgan fingerprint density at radius 2 is 1.47 bits per heavy atom. The summed E-state index contributed by atoms with van der Waals surface area (Å²) in [6.07, 6.45) is 2.26. The molecule has 0 radical (unpaired) electrons. The van der Waals surface area contributed by atoms with Gasteiger partial charge in [0.25, 0.3) is 5.91 Å². The molecule has 0 bridgehead atoms. The number of anilines is 2. The number of carbonyl (C=O) groups is 1. The highest BCUT2D eigenvalue weighted by Gasteiger charge is 2.22. The quantitative estimate of drug-likeness (QED) is 0.189. The molecule has 34 heavy (non-hydrogen) atoms. The van der Waals surface area contributed by atoms with Gasteiger partial charge in [-0.05, 0) is 79.2 Å². The Bertz CT molecular complexity index is 1150. The second-order valence-corrected chi connectivity index (χ2v) is 9.38.